The van der Waals surface area contributed by atoms with Crippen LogP contribution in [0.5, 0.6) is 0 Å². The normalized spacial score (nSPS) is 13.6. The molecule has 0 amide bonds. The molecule has 1 aromatic rings. The van der Waals surface area contributed by atoms with Gasteiger partial charge in [0, 0.05) is 32.9 Å². The molecule has 9 heteroatoms. The van der Waals surface area contributed by atoms with Gasteiger partial charge < -0.3 is 14.8 Å². The first-order chi connectivity index (χ1) is 9.05. The van der Waals surface area contributed by atoms with E-state index < -0.39 is 10.0 Å². The van der Waals surface area contributed by atoms with Crippen LogP contribution in [0.25, 0.3) is 0 Å². The maximum atomic E-state index is 12.1. The minimum absolute atomic E-state index is 0.0640. The van der Waals surface area contributed by atoms with Gasteiger partial charge in [-0.15, -0.1) is 0 Å². The van der Waals surface area contributed by atoms with Crippen molar-refractivity contribution in [3.05, 3.63) is 11.8 Å². The number of hydrogen-bond donors (Lipinski definition) is 3. The molecule has 0 aliphatic rings. The Morgan fingerprint density at radius 3 is 2.79 bits per heavy atom. The van der Waals surface area contributed by atoms with Gasteiger partial charge in [-0.25, -0.2) is 13.1 Å². The topological polar surface area (TPSA) is 105 Å². The molecule has 1 unspecified atom stereocenters. The van der Waals surface area contributed by atoms with Crippen molar-refractivity contribution in [3.8, 4) is 0 Å². The van der Waals surface area contributed by atoms with Gasteiger partial charge in [0.2, 0.25) is 0 Å². The summed E-state index contributed by atoms with van der Waals surface area (Å²) in [6.45, 7) is 0.856. The quantitative estimate of drug-likeness (QED) is 0.543. The lowest BCUT2D eigenvalue weighted by Gasteiger charge is -2.15. The molecule has 0 saturated carbocycles. The number of methoxy groups -OCH3 is 2. The standard InChI is InChI=1S/C10H20N4O4S/c1-11-4-8-5-12-14-10(8)19(15,16)13-6-9(18-3)7-17-2/h5,9,11,13H,4,6-7H2,1-3H3,(H,12,14). The summed E-state index contributed by atoms with van der Waals surface area (Å²) < 4.78 is 36.7. The number of H-pyrrole nitrogens is 1. The monoisotopic (exact) mass is 292 g/mol. The number of aromatic amines is 1. The van der Waals surface area contributed by atoms with E-state index in [1.165, 1.54) is 20.4 Å². The zero-order valence-electron chi connectivity index (χ0n) is 11.3. The van der Waals surface area contributed by atoms with Crippen LogP contribution in [-0.2, 0) is 26.0 Å². The van der Waals surface area contributed by atoms with Crippen molar-refractivity contribution in [1.82, 2.24) is 20.2 Å². The lowest BCUT2D eigenvalue weighted by molar-refractivity contribution is 0.0320. The molecule has 0 bridgehead atoms. The summed E-state index contributed by atoms with van der Waals surface area (Å²) in [7, 11) is 1.12. The Balaban J connectivity index is 2.72. The van der Waals surface area contributed by atoms with E-state index in [1.807, 2.05) is 0 Å². The molecule has 3 N–H and O–H groups in total. The molecule has 1 atom stereocenters. The first-order valence-corrected chi connectivity index (χ1v) is 7.21. The van der Waals surface area contributed by atoms with Crippen LogP contribution in [0.2, 0.25) is 0 Å². The van der Waals surface area contributed by atoms with Gasteiger partial charge in [0.1, 0.15) is 0 Å². The second kappa shape index (κ2) is 7.56. The maximum absolute atomic E-state index is 12.1. The largest absolute Gasteiger partial charge is 0.382 e. The Morgan fingerprint density at radius 1 is 1.47 bits per heavy atom. The Morgan fingerprint density at radius 2 is 2.21 bits per heavy atom. The smallest absolute Gasteiger partial charge is 0.257 e. The van der Waals surface area contributed by atoms with Gasteiger partial charge >= 0.3 is 0 Å². The third-order valence-electron chi connectivity index (χ3n) is 2.50. The Kier molecular flexibility index (Phi) is 6.38. The number of ether oxygens (including phenoxy) is 2. The molecule has 8 nitrogen and oxygen atoms in total. The minimum atomic E-state index is -3.64. The average molecular weight is 292 g/mol. The summed E-state index contributed by atoms with van der Waals surface area (Å²) in [5.41, 5.74) is 0.579. The number of nitrogens with one attached hydrogen (secondary N) is 3. The van der Waals surface area contributed by atoms with Gasteiger partial charge in [-0.1, -0.05) is 0 Å². The van der Waals surface area contributed by atoms with Gasteiger partial charge in [-0.2, -0.15) is 5.10 Å². The first-order valence-electron chi connectivity index (χ1n) is 5.73. The predicted molar refractivity (Wildman–Crippen MR) is 69.2 cm³/mol. The lowest BCUT2D eigenvalue weighted by atomic mass is 10.4. The summed E-state index contributed by atoms with van der Waals surface area (Å²) in [5.74, 6) is 0. The zero-order chi connectivity index (χ0) is 14.3. The second-order valence-electron chi connectivity index (χ2n) is 3.92. The highest BCUT2D eigenvalue weighted by atomic mass is 32.2. The molecule has 1 rings (SSSR count). The summed E-state index contributed by atoms with van der Waals surface area (Å²) in [4.78, 5) is 0. The molecule has 0 spiro atoms. The minimum Gasteiger partial charge on any atom is -0.382 e. The van der Waals surface area contributed by atoms with Crippen molar-refractivity contribution >= 4 is 10.0 Å². The summed E-state index contributed by atoms with van der Waals surface area (Å²) >= 11 is 0. The highest BCUT2D eigenvalue weighted by molar-refractivity contribution is 7.89. The summed E-state index contributed by atoms with van der Waals surface area (Å²) in [5, 5.41) is 9.19. The molecule has 0 aromatic carbocycles. The molecule has 1 aromatic heterocycles. The molecule has 0 saturated heterocycles. The van der Waals surface area contributed by atoms with Gasteiger partial charge in [0.05, 0.1) is 18.9 Å². The van der Waals surface area contributed by atoms with Crippen LogP contribution >= 0.6 is 0 Å². The first kappa shape index (κ1) is 16.1. The van der Waals surface area contributed by atoms with E-state index in [1.54, 1.807) is 7.05 Å². The number of rotatable bonds is 9. The van der Waals surface area contributed by atoms with Gasteiger partial charge in [-0.3, -0.25) is 5.10 Å². The van der Waals surface area contributed by atoms with E-state index in [-0.39, 0.29) is 17.7 Å². The maximum Gasteiger partial charge on any atom is 0.257 e. The van der Waals surface area contributed by atoms with Crippen LogP contribution in [0.4, 0.5) is 0 Å². The van der Waals surface area contributed by atoms with E-state index in [0.29, 0.717) is 18.7 Å². The molecular formula is C10H20N4O4S. The Bertz CT molecular complexity index is 474. The van der Waals surface area contributed by atoms with E-state index >= 15 is 0 Å². The summed E-state index contributed by atoms with van der Waals surface area (Å²) in [6, 6.07) is 0. The predicted octanol–water partition coefficient (Wildman–Crippen LogP) is -0.931. The molecule has 19 heavy (non-hydrogen) atoms. The molecule has 0 radical (unpaired) electrons. The number of sulfonamides is 1. The number of aromatic nitrogens is 2. The zero-order valence-corrected chi connectivity index (χ0v) is 12.1. The highest BCUT2D eigenvalue weighted by Crippen LogP contribution is 2.11. The van der Waals surface area contributed by atoms with E-state index in [0.717, 1.165) is 0 Å². The van der Waals surface area contributed by atoms with Crippen LogP contribution in [0.1, 0.15) is 5.56 Å². The number of hydrogen-bond acceptors (Lipinski definition) is 6. The van der Waals surface area contributed by atoms with Gasteiger partial charge in [-0.05, 0) is 7.05 Å². The lowest BCUT2D eigenvalue weighted by Crippen LogP contribution is -2.36. The SMILES string of the molecule is CNCc1cn[nH]c1S(=O)(=O)NCC(COC)OC. The Labute approximate surface area is 112 Å². The van der Waals surface area contributed by atoms with Crippen LogP contribution in [0, 0.1) is 0 Å². The molecular weight excluding hydrogens is 272 g/mol. The van der Waals surface area contributed by atoms with Crippen molar-refractivity contribution in [2.24, 2.45) is 0 Å². The van der Waals surface area contributed by atoms with Crippen LogP contribution in [0.3, 0.4) is 0 Å². The van der Waals surface area contributed by atoms with Crippen molar-refractivity contribution in [2.45, 2.75) is 17.7 Å². The Hall–Kier alpha value is -1.00. The van der Waals surface area contributed by atoms with Crippen LogP contribution in [0.15, 0.2) is 11.2 Å². The average Bonchev–Trinajstić information content (AvgIpc) is 2.84. The van der Waals surface area contributed by atoms with Crippen molar-refractivity contribution in [3.63, 3.8) is 0 Å². The van der Waals surface area contributed by atoms with Gasteiger partial charge in [0.15, 0.2) is 5.03 Å². The summed E-state index contributed by atoms with van der Waals surface area (Å²) in [6.07, 6.45) is 1.14. The van der Waals surface area contributed by atoms with Crippen LogP contribution in [-0.4, -0.2) is 59.1 Å². The van der Waals surface area contributed by atoms with Gasteiger partial charge in [0.25, 0.3) is 10.0 Å². The van der Waals surface area contributed by atoms with Crippen molar-refractivity contribution in [2.75, 3.05) is 34.4 Å². The molecule has 0 aliphatic heterocycles. The van der Waals surface area contributed by atoms with Crippen molar-refractivity contribution in [1.29, 1.82) is 0 Å². The second-order valence-corrected chi connectivity index (χ2v) is 5.62. The van der Waals surface area contributed by atoms with E-state index in [9.17, 15) is 8.42 Å². The van der Waals surface area contributed by atoms with E-state index in [2.05, 4.69) is 20.2 Å². The van der Waals surface area contributed by atoms with Crippen molar-refractivity contribution < 1.29 is 17.9 Å². The van der Waals surface area contributed by atoms with E-state index in [4.69, 9.17) is 9.47 Å². The molecule has 110 valence electrons. The fourth-order valence-corrected chi connectivity index (χ4v) is 2.71. The third-order valence-corrected chi connectivity index (χ3v) is 3.94. The third kappa shape index (κ3) is 4.55. The molecule has 0 fully saturated rings. The fraction of sp³-hybridized carbons (Fsp3) is 0.700. The molecule has 1 heterocycles. The number of nitrogens with zero attached hydrogens (tertiary/aromatic N) is 1. The highest BCUT2D eigenvalue weighted by Gasteiger charge is 2.21. The fourth-order valence-electron chi connectivity index (χ4n) is 1.52. The van der Waals surface area contributed by atoms with Crippen LogP contribution < -0.4 is 10.0 Å². The molecule has 0 aliphatic carbocycles.